The van der Waals surface area contributed by atoms with Gasteiger partial charge in [-0.2, -0.15) is 4.39 Å². The van der Waals surface area contributed by atoms with Crippen LogP contribution >= 0.6 is 0 Å². The monoisotopic (exact) mass is 420 g/mol. The fourth-order valence-corrected chi connectivity index (χ4v) is 3.95. The van der Waals surface area contributed by atoms with Crippen molar-refractivity contribution < 1.29 is 23.8 Å². The zero-order valence-electron chi connectivity index (χ0n) is 16.6. The molecule has 0 spiro atoms. The van der Waals surface area contributed by atoms with Crippen molar-refractivity contribution in [3.8, 4) is 11.1 Å². The first-order valence-corrected chi connectivity index (χ1v) is 9.97. The van der Waals surface area contributed by atoms with Gasteiger partial charge in [-0.3, -0.25) is 0 Å². The number of halogens is 1. The topological polar surface area (TPSA) is 88.5 Å². The predicted octanol–water partition coefficient (Wildman–Crippen LogP) is 4.15. The minimum atomic E-state index is -1.18. The van der Waals surface area contributed by atoms with E-state index in [9.17, 15) is 19.1 Å². The van der Waals surface area contributed by atoms with Gasteiger partial charge in [0.05, 0.1) is 0 Å². The maximum absolute atomic E-state index is 13.2. The Bertz CT molecular complexity index is 1070. The van der Waals surface area contributed by atoms with Gasteiger partial charge in [0, 0.05) is 12.1 Å². The lowest BCUT2D eigenvalue weighted by molar-refractivity contribution is -0.139. The van der Waals surface area contributed by atoms with E-state index in [1.165, 1.54) is 12.3 Å². The molecule has 0 unspecified atom stereocenters. The quantitative estimate of drug-likeness (QED) is 0.561. The molecule has 1 aliphatic rings. The molecule has 3 aromatic rings. The van der Waals surface area contributed by atoms with E-state index < -0.39 is 24.1 Å². The van der Waals surface area contributed by atoms with E-state index in [2.05, 4.69) is 10.3 Å². The lowest BCUT2D eigenvalue weighted by Crippen LogP contribution is -2.41. The number of aliphatic carboxylic acids is 1. The summed E-state index contributed by atoms with van der Waals surface area (Å²) < 4.78 is 18.6. The number of aromatic nitrogens is 1. The van der Waals surface area contributed by atoms with Crippen molar-refractivity contribution in [1.29, 1.82) is 0 Å². The molecule has 0 saturated heterocycles. The first kappa shape index (κ1) is 20.5. The second-order valence-corrected chi connectivity index (χ2v) is 7.39. The van der Waals surface area contributed by atoms with Gasteiger partial charge in [0.2, 0.25) is 5.95 Å². The molecule has 1 atom stereocenters. The largest absolute Gasteiger partial charge is 0.480 e. The van der Waals surface area contributed by atoms with Gasteiger partial charge in [-0.05, 0) is 52.8 Å². The Morgan fingerprint density at radius 3 is 2.32 bits per heavy atom. The summed E-state index contributed by atoms with van der Waals surface area (Å²) in [5, 5.41) is 11.8. The Balaban J connectivity index is 1.38. The summed E-state index contributed by atoms with van der Waals surface area (Å²) in [4.78, 5) is 27.4. The number of rotatable bonds is 7. The van der Waals surface area contributed by atoms with Crippen LogP contribution in [0.3, 0.4) is 0 Å². The van der Waals surface area contributed by atoms with Crippen LogP contribution in [0.1, 0.15) is 29.0 Å². The van der Waals surface area contributed by atoms with Gasteiger partial charge in [0.1, 0.15) is 12.6 Å². The molecule has 1 amide bonds. The Labute approximate surface area is 178 Å². The number of hydrogen-bond donors (Lipinski definition) is 2. The third kappa shape index (κ3) is 4.55. The molecule has 0 saturated carbocycles. The molecule has 0 fully saturated rings. The number of fused-ring (bicyclic) bond motifs is 3. The van der Waals surface area contributed by atoms with E-state index in [1.807, 2.05) is 48.5 Å². The van der Waals surface area contributed by atoms with E-state index >= 15 is 0 Å². The summed E-state index contributed by atoms with van der Waals surface area (Å²) in [6.07, 6.45) is 0.901. The van der Waals surface area contributed by atoms with Crippen LogP contribution in [0.2, 0.25) is 0 Å². The van der Waals surface area contributed by atoms with E-state index in [0.29, 0.717) is 5.56 Å². The number of ether oxygens (including phenoxy) is 1. The number of nitrogens with one attached hydrogen (secondary N) is 1. The second kappa shape index (κ2) is 8.95. The van der Waals surface area contributed by atoms with Crippen molar-refractivity contribution in [1.82, 2.24) is 10.3 Å². The number of nitrogens with zero attached hydrogens (tertiary/aromatic N) is 1. The van der Waals surface area contributed by atoms with E-state index in [-0.39, 0.29) is 25.4 Å². The van der Waals surface area contributed by atoms with Crippen LogP contribution in [0.25, 0.3) is 11.1 Å². The predicted molar refractivity (Wildman–Crippen MR) is 112 cm³/mol. The minimum Gasteiger partial charge on any atom is -0.480 e. The molecule has 6 nitrogen and oxygen atoms in total. The Hall–Kier alpha value is -3.74. The zero-order chi connectivity index (χ0) is 21.8. The summed E-state index contributed by atoms with van der Waals surface area (Å²) in [5.41, 5.74) is 4.98. The Morgan fingerprint density at radius 1 is 1.06 bits per heavy atom. The molecule has 4 rings (SSSR count). The Kier molecular flexibility index (Phi) is 5.93. The van der Waals surface area contributed by atoms with Gasteiger partial charge < -0.3 is 15.2 Å². The summed E-state index contributed by atoms with van der Waals surface area (Å²) in [6.45, 7) is 0.0990. The first-order valence-electron chi connectivity index (χ1n) is 9.97. The van der Waals surface area contributed by atoms with Gasteiger partial charge in [0.15, 0.2) is 0 Å². The highest BCUT2D eigenvalue weighted by Gasteiger charge is 2.29. The fraction of sp³-hybridized carbons (Fsp3) is 0.208. The number of benzene rings is 2. The number of carboxylic acids is 1. The number of carboxylic acid groups (broad SMARTS) is 1. The summed E-state index contributed by atoms with van der Waals surface area (Å²) in [5.74, 6) is -1.92. The van der Waals surface area contributed by atoms with Crippen LogP contribution in [-0.2, 0) is 16.0 Å². The summed E-state index contributed by atoms with van der Waals surface area (Å²) in [6, 6.07) is 17.6. The molecule has 1 aromatic heterocycles. The molecule has 31 heavy (non-hydrogen) atoms. The summed E-state index contributed by atoms with van der Waals surface area (Å²) >= 11 is 0. The molecule has 2 aromatic carbocycles. The van der Waals surface area contributed by atoms with Gasteiger partial charge in [-0.1, -0.05) is 48.5 Å². The number of aryl methyl sites for hydroxylation is 1. The lowest BCUT2D eigenvalue weighted by Gasteiger charge is -2.17. The van der Waals surface area contributed by atoms with Crippen LogP contribution in [0.4, 0.5) is 9.18 Å². The van der Waals surface area contributed by atoms with Crippen molar-refractivity contribution in [2.45, 2.75) is 24.8 Å². The van der Waals surface area contributed by atoms with Crippen LogP contribution in [-0.4, -0.2) is 34.8 Å². The van der Waals surface area contributed by atoms with Crippen molar-refractivity contribution in [3.05, 3.63) is 89.5 Å². The SMILES string of the molecule is O=C(N[C@@H](CCc1ccnc(F)c1)C(=O)O)OCC1c2ccccc2-c2ccccc21. The highest BCUT2D eigenvalue weighted by atomic mass is 19.1. The number of amides is 1. The third-order valence-corrected chi connectivity index (χ3v) is 5.45. The minimum absolute atomic E-state index is 0.0990. The summed E-state index contributed by atoms with van der Waals surface area (Å²) in [7, 11) is 0. The molecule has 0 aliphatic heterocycles. The van der Waals surface area contributed by atoms with Crippen LogP contribution < -0.4 is 5.32 Å². The van der Waals surface area contributed by atoms with Gasteiger partial charge in [-0.25, -0.2) is 14.6 Å². The van der Waals surface area contributed by atoms with E-state index in [0.717, 1.165) is 22.3 Å². The highest BCUT2D eigenvalue weighted by molar-refractivity contribution is 5.81. The van der Waals surface area contributed by atoms with Gasteiger partial charge in [-0.15, -0.1) is 0 Å². The second-order valence-electron chi connectivity index (χ2n) is 7.39. The molecule has 158 valence electrons. The number of hydrogen-bond acceptors (Lipinski definition) is 4. The average Bonchev–Trinajstić information content (AvgIpc) is 3.09. The number of pyridine rings is 1. The zero-order valence-corrected chi connectivity index (χ0v) is 16.6. The number of carbonyl (C=O) groups excluding carboxylic acids is 1. The molecular weight excluding hydrogens is 399 g/mol. The van der Waals surface area contributed by atoms with Crippen molar-refractivity contribution >= 4 is 12.1 Å². The number of alkyl carbamates (subject to hydrolysis) is 1. The molecule has 7 heteroatoms. The molecule has 0 bridgehead atoms. The standard InChI is InChI=1S/C24H21FN2O4/c25-22-13-15(11-12-26-22)9-10-21(23(28)29)27-24(30)31-14-20-18-7-3-1-5-16(18)17-6-2-4-8-19(17)20/h1-8,11-13,20-21H,9-10,14H2,(H,27,30)(H,28,29)/t21-/m0/s1. The first-order chi connectivity index (χ1) is 15.0. The van der Waals surface area contributed by atoms with Crippen molar-refractivity contribution in [2.75, 3.05) is 6.61 Å². The van der Waals surface area contributed by atoms with Crippen LogP contribution in [0.15, 0.2) is 66.9 Å². The molecule has 2 N–H and O–H groups in total. The van der Waals surface area contributed by atoms with Crippen molar-refractivity contribution in [3.63, 3.8) is 0 Å². The maximum atomic E-state index is 13.2. The van der Waals surface area contributed by atoms with Crippen LogP contribution in [0, 0.1) is 5.95 Å². The highest BCUT2D eigenvalue weighted by Crippen LogP contribution is 2.44. The maximum Gasteiger partial charge on any atom is 0.407 e. The lowest BCUT2D eigenvalue weighted by atomic mass is 9.98. The molecule has 1 heterocycles. The molecular formula is C24H21FN2O4. The van der Waals surface area contributed by atoms with Gasteiger partial charge in [0.25, 0.3) is 0 Å². The third-order valence-electron chi connectivity index (χ3n) is 5.45. The van der Waals surface area contributed by atoms with E-state index in [4.69, 9.17) is 4.74 Å². The average molecular weight is 420 g/mol. The number of carbonyl (C=O) groups is 2. The molecule has 0 radical (unpaired) electrons. The van der Waals surface area contributed by atoms with Gasteiger partial charge >= 0.3 is 12.1 Å². The fourth-order valence-electron chi connectivity index (χ4n) is 3.95. The smallest absolute Gasteiger partial charge is 0.407 e. The van der Waals surface area contributed by atoms with E-state index in [1.54, 1.807) is 6.07 Å². The molecule has 1 aliphatic carbocycles. The Morgan fingerprint density at radius 2 is 1.71 bits per heavy atom. The van der Waals surface area contributed by atoms with Crippen molar-refractivity contribution in [2.24, 2.45) is 0 Å². The normalized spacial score (nSPS) is 13.2. The van der Waals surface area contributed by atoms with Crippen LogP contribution in [0.5, 0.6) is 0 Å².